The van der Waals surface area contributed by atoms with Gasteiger partial charge in [0.15, 0.2) is 5.82 Å². The molecule has 0 aliphatic carbocycles. The van der Waals surface area contributed by atoms with Crippen LogP contribution < -0.4 is 10.2 Å². The van der Waals surface area contributed by atoms with E-state index < -0.39 is 0 Å². The summed E-state index contributed by atoms with van der Waals surface area (Å²) in [5, 5.41) is 23.2. The maximum Gasteiger partial charge on any atom is 0.246 e. The fourth-order valence-electron chi connectivity index (χ4n) is 4.79. The lowest BCUT2D eigenvalue weighted by molar-refractivity contribution is -0.123. The molecule has 1 amide bonds. The number of fused-ring (bicyclic) bond motifs is 2. The van der Waals surface area contributed by atoms with Crippen molar-refractivity contribution in [3.05, 3.63) is 42.0 Å². The first-order valence-electron chi connectivity index (χ1n) is 11.4. The normalized spacial score (nSPS) is 23.0. The first kappa shape index (κ1) is 22.3. The van der Waals surface area contributed by atoms with Crippen LogP contribution >= 0.6 is 0 Å². The predicted molar refractivity (Wildman–Crippen MR) is 127 cm³/mol. The minimum absolute atomic E-state index is 0.0889. The van der Waals surface area contributed by atoms with Crippen LogP contribution in [-0.4, -0.2) is 65.4 Å². The van der Waals surface area contributed by atoms with Crippen LogP contribution in [0.1, 0.15) is 44.6 Å². The van der Waals surface area contributed by atoms with Gasteiger partial charge in [-0.3, -0.25) is 4.79 Å². The molecular weight excluding hydrogens is 402 g/mol. The summed E-state index contributed by atoms with van der Waals surface area (Å²) in [5.74, 6) is 0.888. The lowest BCUT2D eigenvalue weighted by Crippen LogP contribution is -2.54. The van der Waals surface area contributed by atoms with E-state index >= 15 is 0 Å². The molecule has 170 valence electrons. The number of anilines is 1. The average Bonchev–Trinajstić information content (AvgIpc) is 2.78. The number of allylic oxidation sites excluding steroid dienone is 1. The molecule has 0 spiro atoms. The summed E-state index contributed by atoms with van der Waals surface area (Å²) < 4.78 is 0. The first-order chi connectivity index (χ1) is 15.3. The zero-order valence-corrected chi connectivity index (χ0v) is 19.4. The molecule has 2 aromatic rings. The van der Waals surface area contributed by atoms with Gasteiger partial charge in [0, 0.05) is 50.9 Å². The van der Waals surface area contributed by atoms with Crippen molar-refractivity contribution in [2.24, 2.45) is 0 Å². The molecule has 2 saturated heterocycles. The van der Waals surface area contributed by atoms with Crippen molar-refractivity contribution >= 4 is 17.3 Å². The highest BCUT2D eigenvalue weighted by atomic mass is 16.3. The van der Waals surface area contributed by atoms with Crippen molar-refractivity contribution in [1.29, 1.82) is 0 Å². The van der Waals surface area contributed by atoms with E-state index in [2.05, 4.69) is 27.5 Å². The van der Waals surface area contributed by atoms with E-state index in [0.29, 0.717) is 29.4 Å². The summed E-state index contributed by atoms with van der Waals surface area (Å²) in [7, 11) is 5.53. The number of phenols is 1. The van der Waals surface area contributed by atoms with Crippen LogP contribution in [0, 0.1) is 0 Å². The monoisotopic (exact) mass is 435 g/mol. The van der Waals surface area contributed by atoms with E-state index in [1.165, 1.54) is 24.2 Å². The second-order valence-corrected chi connectivity index (χ2v) is 9.30. The fourth-order valence-corrected chi connectivity index (χ4v) is 4.79. The Kier molecular flexibility index (Phi) is 6.46. The van der Waals surface area contributed by atoms with Crippen LogP contribution in [0.5, 0.6) is 5.75 Å². The van der Waals surface area contributed by atoms with Crippen molar-refractivity contribution in [3.63, 3.8) is 0 Å². The molecule has 2 bridgehead atoms. The number of rotatable bonds is 5. The summed E-state index contributed by atoms with van der Waals surface area (Å²) >= 11 is 0. The zero-order valence-electron chi connectivity index (χ0n) is 19.4. The summed E-state index contributed by atoms with van der Waals surface area (Å²) in [6.07, 6.45) is 7.70. The number of aromatic nitrogens is 2. The number of piperidine rings is 2. The summed E-state index contributed by atoms with van der Waals surface area (Å²) in [5.41, 5.74) is 2.83. The van der Waals surface area contributed by atoms with Crippen LogP contribution in [0.3, 0.4) is 0 Å². The number of likely N-dealkylation sites (N-methyl/N-ethyl adjacent to an activating group) is 1. The summed E-state index contributed by atoms with van der Waals surface area (Å²) in [6.45, 7) is 1.86. The Morgan fingerprint density at radius 3 is 2.41 bits per heavy atom. The van der Waals surface area contributed by atoms with Crippen LogP contribution in [0.2, 0.25) is 0 Å². The number of benzene rings is 1. The van der Waals surface area contributed by atoms with Crippen molar-refractivity contribution in [2.45, 2.75) is 57.2 Å². The number of hydrogen-bond acceptors (Lipinski definition) is 6. The maximum absolute atomic E-state index is 11.9. The predicted octanol–water partition coefficient (Wildman–Crippen LogP) is 3.45. The fraction of sp³-hybridized carbons (Fsp3) is 0.480. The summed E-state index contributed by atoms with van der Waals surface area (Å²) in [4.78, 5) is 15.7. The molecule has 4 rings (SSSR count). The van der Waals surface area contributed by atoms with Crippen molar-refractivity contribution < 1.29 is 9.90 Å². The molecule has 0 radical (unpaired) electrons. The molecule has 2 fully saturated rings. The highest BCUT2D eigenvalue weighted by molar-refractivity contribution is 5.94. The van der Waals surface area contributed by atoms with E-state index in [1.54, 1.807) is 26.2 Å². The molecule has 0 saturated carbocycles. The molecule has 2 aliphatic heterocycles. The number of hydrogen-bond donors (Lipinski definition) is 2. The quantitative estimate of drug-likeness (QED) is 0.700. The largest absolute Gasteiger partial charge is 0.507 e. The van der Waals surface area contributed by atoms with Crippen molar-refractivity contribution in [1.82, 2.24) is 20.4 Å². The number of nitrogens with one attached hydrogen (secondary N) is 1. The van der Waals surface area contributed by atoms with Gasteiger partial charge < -0.3 is 20.2 Å². The third-order valence-corrected chi connectivity index (χ3v) is 6.76. The Balaban J connectivity index is 1.48. The van der Waals surface area contributed by atoms with Crippen molar-refractivity contribution in [3.8, 4) is 17.0 Å². The zero-order chi connectivity index (χ0) is 22.8. The Labute approximate surface area is 190 Å². The average molecular weight is 436 g/mol. The lowest BCUT2D eigenvalue weighted by Gasteiger charge is -2.43. The maximum atomic E-state index is 11.9. The minimum Gasteiger partial charge on any atom is -0.507 e. The minimum atomic E-state index is -0.0889. The molecule has 7 nitrogen and oxygen atoms in total. The van der Waals surface area contributed by atoms with Gasteiger partial charge in [0.25, 0.3) is 0 Å². The smallest absolute Gasteiger partial charge is 0.246 e. The molecule has 2 N–H and O–H groups in total. The van der Waals surface area contributed by atoms with Gasteiger partial charge in [-0.25, -0.2) is 0 Å². The van der Waals surface area contributed by atoms with Crippen LogP contribution in [0.4, 0.5) is 5.82 Å². The van der Waals surface area contributed by atoms with Gasteiger partial charge in [0.05, 0.1) is 5.69 Å². The second-order valence-electron chi connectivity index (χ2n) is 9.30. The van der Waals surface area contributed by atoms with Crippen molar-refractivity contribution in [2.75, 3.05) is 26.0 Å². The van der Waals surface area contributed by atoms with Gasteiger partial charge in [-0.05, 0) is 68.0 Å². The van der Waals surface area contributed by atoms with E-state index in [-0.39, 0.29) is 11.7 Å². The topological polar surface area (TPSA) is 81.6 Å². The Morgan fingerprint density at radius 1 is 1.09 bits per heavy atom. The van der Waals surface area contributed by atoms with Gasteiger partial charge in [-0.15, -0.1) is 10.2 Å². The van der Waals surface area contributed by atoms with E-state index in [9.17, 15) is 9.90 Å². The lowest BCUT2D eigenvalue weighted by atomic mass is 9.83. The van der Waals surface area contributed by atoms with Gasteiger partial charge in [0.2, 0.25) is 5.91 Å². The standard InChI is InChI=1S/C25H33N5O2/c1-16(12-25(32)29(2)3)17-8-9-21(23(31)13-17)22-10-11-24(28-27-22)30(4)20-14-18-6-5-7-19(15-20)26-18/h8-13,18-20,26,31H,5-7,14-15H2,1-4H3/b16-12+. The van der Waals surface area contributed by atoms with E-state index in [1.807, 2.05) is 31.2 Å². The van der Waals surface area contributed by atoms with Gasteiger partial charge in [-0.2, -0.15) is 0 Å². The Bertz CT molecular complexity index is 990. The second kappa shape index (κ2) is 9.28. The molecule has 7 heteroatoms. The summed E-state index contributed by atoms with van der Waals surface area (Å²) in [6, 6.07) is 11.0. The van der Waals surface area contributed by atoms with Gasteiger partial charge in [-0.1, -0.05) is 12.5 Å². The van der Waals surface area contributed by atoms with E-state index in [0.717, 1.165) is 29.8 Å². The Hall–Kier alpha value is -2.93. The third-order valence-electron chi connectivity index (χ3n) is 6.76. The highest BCUT2D eigenvalue weighted by Crippen LogP contribution is 2.32. The van der Waals surface area contributed by atoms with Gasteiger partial charge >= 0.3 is 0 Å². The number of aromatic hydroxyl groups is 1. The molecule has 1 aromatic heterocycles. The molecule has 2 unspecified atom stereocenters. The first-order valence-corrected chi connectivity index (χ1v) is 11.4. The molecule has 3 heterocycles. The number of amides is 1. The molecule has 2 aliphatic rings. The number of nitrogens with zero attached hydrogens (tertiary/aromatic N) is 4. The number of phenolic OH excluding ortho intramolecular Hbond substituents is 1. The SMILES string of the molecule is C/C(=C\C(=O)N(C)C)c1ccc(-c2ccc(N(C)C3CC4CCCC(C3)N4)nn2)c(O)c1. The molecule has 32 heavy (non-hydrogen) atoms. The molecule has 1 aromatic carbocycles. The van der Waals surface area contributed by atoms with Crippen LogP contribution in [0.25, 0.3) is 16.8 Å². The number of carbonyl (C=O) groups excluding carboxylic acids is 1. The van der Waals surface area contributed by atoms with Crippen LogP contribution in [-0.2, 0) is 4.79 Å². The molecule has 2 atom stereocenters. The Morgan fingerprint density at radius 2 is 1.81 bits per heavy atom. The highest BCUT2D eigenvalue weighted by Gasteiger charge is 2.33. The van der Waals surface area contributed by atoms with Crippen LogP contribution in [0.15, 0.2) is 36.4 Å². The van der Waals surface area contributed by atoms with E-state index in [4.69, 9.17) is 0 Å². The molecular formula is C25H33N5O2. The number of carbonyl (C=O) groups is 1. The third kappa shape index (κ3) is 4.78. The van der Waals surface area contributed by atoms with Gasteiger partial charge in [0.1, 0.15) is 5.75 Å².